The number of nitrogens with one attached hydrogen (secondary N) is 2. The first-order valence-electron chi connectivity index (χ1n) is 7.89. The van der Waals surface area contributed by atoms with Gasteiger partial charge in [0, 0.05) is 42.8 Å². The van der Waals surface area contributed by atoms with Gasteiger partial charge >= 0.3 is 6.18 Å². The van der Waals surface area contributed by atoms with Crippen molar-refractivity contribution < 1.29 is 17.9 Å². The van der Waals surface area contributed by atoms with Crippen molar-refractivity contribution in [2.45, 2.75) is 25.2 Å². The van der Waals surface area contributed by atoms with E-state index in [2.05, 4.69) is 31.6 Å². The lowest BCUT2D eigenvalue weighted by Crippen LogP contribution is -2.44. The molecule has 1 saturated heterocycles. The first kappa shape index (κ1) is 19.8. The molecule has 140 valence electrons. The molecule has 0 amide bonds. The van der Waals surface area contributed by atoms with Crippen molar-refractivity contribution in [2.24, 2.45) is 4.99 Å². The van der Waals surface area contributed by atoms with Gasteiger partial charge in [0.2, 0.25) is 0 Å². The van der Waals surface area contributed by atoms with Crippen LogP contribution in [0.25, 0.3) is 0 Å². The Labute approximate surface area is 153 Å². The molecule has 1 atom stereocenters. The van der Waals surface area contributed by atoms with E-state index in [4.69, 9.17) is 4.74 Å². The van der Waals surface area contributed by atoms with Gasteiger partial charge in [-0.3, -0.25) is 9.89 Å². The van der Waals surface area contributed by atoms with E-state index in [9.17, 15) is 13.2 Å². The normalized spacial score (nSPS) is 19.1. The highest BCUT2D eigenvalue weighted by Gasteiger charge is 2.34. The highest BCUT2D eigenvalue weighted by Crippen LogP contribution is 2.23. The second-order valence-corrected chi connectivity index (χ2v) is 6.78. The molecular formula is C16H22BrF3N4O. The van der Waals surface area contributed by atoms with Crippen molar-refractivity contribution in [1.82, 2.24) is 15.5 Å². The third kappa shape index (κ3) is 6.39. The average molecular weight is 423 g/mol. The fourth-order valence-electron chi connectivity index (χ4n) is 2.80. The zero-order valence-electron chi connectivity index (χ0n) is 14.2. The molecule has 1 heterocycles. The highest BCUT2D eigenvalue weighted by molar-refractivity contribution is 9.10. The molecule has 1 aromatic carbocycles. The first-order chi connectivity index (χ1) is 11.8. The van der Waals surface area contributed by atoms with E-state index < -0.39 is 12.7 Å². The Morgan fingerprint density at radius 1 is 1.44 bits per heavy atom. The Kier molecular flexibility index (Phi) is 6.95. The number of likely N-dealkylation sites (tertiary alicyclic amines) is 1. The Morgan fingerprint density at radius 2 is 2.20 bits per heavy atom. The maximum atomic E-state index is 12.5. The van der Waals surface area contributed by atoms with Gasteiger partial charge in [0.25, 0.3) is 0 Å². The van der Waals surface area contributed by atoms with Gasteiger partial charge in [0.1, 0.15) is 5.75 Å². The minimum absolute atomic E-state index is 0.0574. The third-order valence-electron chi connectivity index (χ3n) is 3.93. The summed E-state index contributed by atoms with van der Waals surface area (Å²) in [4.78, 5) is 5.55. The van der Waals surface area contributed by atoms with Crippen LogP contribution in [0.3, 0.4) is 0 Å². The molecule has 1 unspecified atom stereocenters. The van der Waals surface area contributed by atoms with Crippen molar-refractivity contribution >= 4 is 21.9 Å². The van der Waals surface area contributed by atoms with Gasteiger partial charge in [0.15, 0.2) is 5.96 Å². The number of guanidine groups is 1. The summed E-state index contributed by atoms with van der Waals surface area (Å²) in [7, 11) is 3.24. The van der Waals surface area contributed by atoms with E-state index >= 15 is 0 Å². The number of aliphatic imine (C=N–C) groups is 1. The molecule has 5 nitrogen and oxygen atoms in total. The van der Waals surface area contributed by atoms with Gasteiger partial charge in [-0.1, -0.05) is 15.9 Å². The van der Waals surface area contributed by atoms with E-state index in [-0.39, 0.29) is 6.04 Å². The van der Waals surface area contributed by atoms with E-state index in [1.807, 2.05) is 18.2 Å². The van der Waals surface area contributed by atoms with Crippen LogP contribution in [-0.4, -0.2) is 56.9 Å². The molecule has 0 spiro atoms. The van der Waals surface area contributed by atoms with Crippen LogP contribution in [0.4, 0.5) is 13.2 Å². The minimum Gasteiger partial charge on any atom is -0.496 e. The lowest BCUT2D eigenvalue weighted by Gasteiger charge is -2.20. The Morgan fingerprint density at radius 3 is 2.84 bits per heavy atom. The standard InChI is InChI=1S/C16H22BrF3N4O/c1-21-15(22-8-11-7-12(17)3-4-14(11)25-2)23-13-5-6-24(9-13)10-16(18,19)20/h3-4,7,13H,5-6,8-10H2,1-2H3,(H2,21,22,23). The number of alkyl halides is 3. The maximum Gasteiger partial charge on any atom is 0.401 e. The number of hydrogen-bond donors (Lipinski definition) is 2. The monoisotopic (exact) mass is 422 g/mol. The number of benzene rings is 1. The van der Waals surface area contributed by atoms with E-state index in [1.54, 1.807) is 14.2 Å². The average Bonchev–Trinajstić information content (AvgIpc) is 2.96. The lowest BCUT2D eigenvalue weighted by atomic mass is 10.2. The molecule has 9 heteroatoms. The van der Waals surface area contributed by atoms with E-state index in [0.717, 1.165) is 15.8 Å². The summed E-state index contributed by atoms with van der Waals surface area (Å²) in [6, 6.07) is 5.64. The molecule has 2 N–H and O–H groups in total. The van der Waals surface area contributed by atoms with Gasteiger partial charge in [-0.15, -0.1) is 0 Å². The molecule has 0 aromatic heterocycles. The molecule has 0 radical (unpaired) electrons. The summed E-state index contributed by atoms with van der Waals surface area (Å²) in [6.45, 7) is 0.391. The first-order valence-corrected chi connectivity index (χ1v) is 8.68. The van der Waals surface area contributed by atoms with Gasteiger partial charge in [-0.2, -0.15) is 13.2 Å². The van der Waals surface area contributed by atoms with Crippen LogP contribution in [0.15, 0.2) is 27.7 Å². The van der Waals surface area contributed by atoms with Crippen molar-refractivity contribution in [3.05, 3.63) is 28.2 Å². The van der Waals surface area contributed by atoms with Gasteiger partial charge in [-0.25, -0.2) is 0 Å². The van der Waals surface area contributed by atoms with Crippen molar-refractivity contribution in [2.75, 3.05) is 33.8 Å². The summed E-state index contributed by atoms with van der Waals surface area (Å²) in [6.07, 6.45) is -3.51. The number of ether oxygens (including phenoxy) is 1. The van der Waals surface area contributed by atoms with Crippen LogP contribution in [0.1, 0.15) is 12.0 Å². The molecular weight excluding hydrogens is 401 g/mol. The Hall–Kier alpha value is -1.48. The van der Waals surface area contributed by atoms with Gasteiger partial charge in [0.05, 0.1) is 13.7 Å². The third-order valence-corrected chi connectivity index (χ3v) is 4.42. The second-order valence-electron chi connectivity index (χ2n) is 5.86. The van der Waals surface area contributed by atoms with Crippen molar-refractivity contribution in [3.8, 4) is 5.75 Å². The van der Waals surface area contributed by atoms with Crippen LogP contribution in [0.2, 0.25) is 0 Å². The quantitative estimate of drug-likeness (QED) is 0.565. The van der Waals surface area contributed by atoms with Crippen LogP contribution in [0, 0.1) is 0 Å². The smallest absolute Gasteiger partial charge is 0.401 e. The zero-order chi connectivity index (χ0) is 18.4. The fourth-order valence-corrected chi connectivity index (χ4v) is 3.21. The fraction of sp³-hybridized carbons (Fsp3) is 0.562. The Bertz CT molecular complexity index is 610. The summed E-state index contributed by atoms with van der Waals surface area (Å²) < 4.78 is 43.6. The zero-order valence-corrected chi connectivity index (χ0v) is 15.7. The topological polar surface area (TPSA) is 48.9 Å². The molecule has 2 rings (SSSR count). The number of halogens is 4. The van der Waals surface area contributed by atoms with Crippen molar-refractivity contribution in [3.63, 3.8) is 0 Å². The summed E-state index contributed by atoms with van der Waals surface area (Å²) in [5, 5.41) is 6.36. The largest absolute Gasteiger partial charge is 0.496 e. The van der Waals surface area contributed by atoms with Crippen LogP contribution in [-0.2, 0) is 6.54 Å². The predicted octanol–water partition coefficient (Wildman–Crippen LogP) is 2.76. The number of nitrogens with zero attached hydrogens (tertiary/aromatic N) is 2. The second kappa shape index (κ2) is 8.75. The van der Waals surface area contributed by atoms with Gasteiger partial charge in [-0.05, 0) is 24.6 Å². The van der Waals surface area contributed by atoms with Crippen molar-refractivity contribution in [1.29, 1.82) is 0 Å². The summed E-state index contributed by atoms with van der Waals surface area (Å²) in [5.41, 5.74) is 0.949. The molecule has 25 heavy (non-hydrogen) atoms. The lowest BCUT2D eigenvalue weighted by molar-refractivity contribution is -0.143. The number of hydrogen-bond acceptors (Lipinski definition) is 3. The predicted molar refractivity (Wildman–Crippen MR) is 94.9 cm³/mol. The molecule has 0 saturated carbocycles. The molecule has 0 bridgehead atoms. The van der Waals surface area contributed by atoms with Crippen LogP contribution < -0.4 is 15.4 Å². The van der Waals surface area contributed by atoms with Crippen LogP contribution in [0.5, 0.6) is 5.75 Å². The van der Waals surface area contributed by atoms with E-state index in [0.29, 0.717) is 32.0 Å². The maximum absolute atomic E-state index is 12.5. The Balaban J connectivity index is 1.87. The van der Waals surface area contributed by atoms with Crippen LogP contribution >= 0.6 is 15.9 Å². The van der Waals surface area contributed by atoms with E-state index in [1.165, 1.54) is 4.90 Å². The highest BCUT2D eigenvalue weighted by atomic mass is 79.9. The SMILES string of the molecule is CN=C(NCc1cc(Br)ccc1OC)NC1CCN(CC(F)(F)F)C1. The number of rotatable bonds is 5. The molecule has 1 aliphatic rings. The van der Waals surface area contributed by atoms with Gasteiger partial charge < -0.3 is 15.4 Å². The molecule has 1 aliphatic heterocycles. The molecule has 0 aliphatic carbocycles. The molecule has 1 fully saturated rings. The minimum atomic E-state index is -4.16. The summed E-state index contributed by atoms with van der Waals surface area (Å²) >= 11 is 3.42. The summed E-state index contributed by atoms with van der Waals surface area (Å²) in [5.74, 6) is 1.31. The molecule has 1 aromatic rings. The number of methoxy groups -OCH3 is 1.